The zero-order chi connectivity index (χ0) is 25.7. The molecule has 3 heterocycles. The molecule has 1 saturated heterocycles. The molecule has 1 aliphatic carbocycles. The van der Waals surface area contributed by atoms with Gasteiger partial charge >= 0.3 is 7.60 Å². The highest BCUT2D eigenvalue weighted by Crippen LogP contribution is 2.39. The van der Waals surface area contributed by atoms with Crippen molar-refractivity contribution < 1.29 is 37.7 Å². The topological polar surface area (TPSA) is 184 Å². The number of fused-ring (bicyclic) bond motifs is 1. The summed E-state index contributed by atoms with van der Waals surface area (Å²) in [5, 5.41) is 29.6. The molecule has 2 aliphatic rings. The van der Waals surface area contributed by atoms with Crippen LogP contribution in [0.25, 0.3) is 11.0 Å². The first-order valence-electron chi connectivity index (χ1n) is 11.3. The van der Waals surface area contributed by atoms with Gasteiger partial charge in [0.05, 0.1) is 23.0 Å². The van der Waals surface area contributed by atoms with Gasteiger partial charge in [-0.25, -0.2) is 18.1 Å². The Morgan fingerprint density at radius 3 is 2.66 bits per heavy atom. The summed E-state index contributed by atoms with van der Waals surface area (Å²) in [5.41, 5.74) is -0.394. The van der Waals surface area contributed by atoms with Crippen LogP contribution in [-0.4, -0.2) is 78.8 Å². The predicted molar refractivity (Wildman–Crippen MR) is 129 cm³/mol. The molecule has 6 atom stereocenters. The van der Waals surface area contributed by atoms with Crippen molar-refractivity contribution in [1.29, 1.82) is 0 Å². The Hall–Kier alpha value is -1.31. The Morgan fingerprint density at radius 2 is 2.00 bits per heavy atom. The summed E-state index contributed by atoms with van der Waals surface area (Å²) in [5.74, 6) is 0.122. The zero-order valence-electron chi connectivity index (χ0n) is 19.2. The molecule has 35 heavy (non-hydrogen) atoms. The second kappa shape index (κ2) is 9.86. The molecule has 2 aromatic rings. The van der Waals surface area contributed by atoms with Crippen molar-refractivity contribution in [1.82, 2.24) is 14.8 Å². The van der Waals surface area contributed by atoms with Gasteiger partial charge in [-0.1, -0.05) is 31.9 Å². The normalized spacial score (nSPS) is 29.9. The van der Waals surface area contributed by atoms with Gasteiger partial charge in [0.25, 0.3) is 0 Å². The lowest BCUT2D eigenvalue weighted by Crippen LogP contribution is -2.36. The lowest BCUT2D eigenvalue weighted by molar-refractivity contribution is -0.0364. The van der Waals surface area contributed by atoms with Gasteiger partial charge in [0.1, 0.15) is 23.5 Å². The molecule has 1 saturated carbocycles. The van der Waals surface area contributed by atoms with Crippen molar-refractivity contribution in [2.75, 3.05) is 16.6 Å². The van der Waals surface area contributed by atoms with Gasteiger partial charge in [0.15, 0.2) is 27.2 Å². The van der Waals surface area contributed by atoms with E-state index in [0.29, 0.717) is 17.2 Å². The number of aliphatic hydroxyl groups excluding tert-OH is 2. The molecule has 15 heteroatoms. The van der Waals surface area contributed by atoms with Crippen LogP contribution >= 0.6 is 19.2 Å². The number of rotatable bonds is 8. The van der Waals surface area contributed by atoms with E-state index in [1.54, 1.807) is 6.07 Å². The van der Waals surface area contributed by atoms with Gasteiger partial charge in [-0.3, -0.25) is 4.57 Å². The van der Waals surface area contributed by atoms with Crippen molar-refractivity contribution in [2.45, 2.75) is 63.7 Å². The van der Waals surface area contributed by atoms with Crippen LogP contribution in [0.5, 0.6) is 0 Å². The SMILES string of the molecule is CC(C)C1CCCC1Nc1cc(Cl)nc2c1cnn2[C@@H]1O[C@H](CS(=O)(=O)CP(=O)(O)O)[C@@H](O)[C@H]1O. The average molecular weight is 553 g/mol. The third-order valence-corrected chi connectivity index (χ3v) is 10.6. The number of hydrogen-bond donors (Lipinski definition) is 5. The molecule has 0 bridgehead atoms. The average Bonchev–Trinajstić information content (AvgIpc) is 3.40. The number of pyridine rings is 1. The van der Waals surface area contributed by atoms with Crippen molar-refractivity contribution in [2.24, 2.45) is 11.8 Å². The van der Waals surface area contributed by atoms with Crippen LogP contribution in [0.4, 0.5) is 5.69 Å². The van der Waals surface area contributed by atoms with Crippen LogP contribution in [-0.2, 0) is 19.1 Å². The van der Waals surface area contributed by atoms with Gasteiger partial charge in [0.2, 0.25) is 0 Å². The zero-order valence-corrected chi connectivity index (χ0v) is 21.7. The second-order valence-electron chi connectivity index (χ2n) is 9.66. The fourth-order valence-electron chi connectivity index (χ4n) is 5.09. The summed E-state index contributed by atoms with van der Waals surface area (Å²) in [4.78, 5) is 22.3. The van der Waals surface area contributed by atoms with Crippen LogP contribution in [0.15, 0.2) is 12.3 Å². The molecule has 2 unspecified atom stereocenters. The summed E-state index contributed by atoms with van der Waals surface area (Å²) in [7, 11) is -9.14. The Bertz CT molecular complexity index is 1240. The third-order valence-electron chi connectivity index (χ3n) is 6.66. The number of aliphatic hydroxyl groups is 2. The van der Waals surface area contributed by atoms with E-state index in [9.17, 15) is 23.2 Å². The van der Waals surface area contributed by atoms with Crippen molar-refractivity contribution in [3.05, 3.63) is 17.4 Å². The number of halogens is 1. The molecule has 4 rings (SSSR count). The van der Waals surface area contributed by atoms with E-state index in [0.717, 1.165) is 24.9 Å². The maximum Gasteiger partial charge on any atom is 0.340 e. The maximum absolute atomic E-state index is 12.2. The molecule has 2 fully saturated rings. The Balaban J connectivity index is 1.60. The van der Waals surface area contributed by atoms with Gasteiger partial charge in [0, 0.05) is 6.04 Å². The molecule has 0 radical (unpaired) electrons. The van der Waals surface area contributed by atoms with E-state index < -0.39 is 53.2 Å². The smallest absolute Gasteiger partial charge is 0.340 e. The minimum absolute atomic E-state index is 0.176. The van der Waals surface area contributed by atoms with Gasteiger partial charge in [-0.2, -0.15) is 5.10 Å². The largest absolute Gasteiger partial charge is 0.387 e. The highest BCUT2D eigenvalue weighted by molar-refractivity contribution is 7.97. The number of anilines is 1. The number of nitrogens with one attached hydrogen (secondary N) is 1. The predicted octanol–water partition coefficient (Wildman–Crippen LogP) is 1.49. The lowest BCUT2D eigenvalue weighted by Gasteiger charge is -2.25. The van der Waals surface area contributed by atoms with Crippen LogP contribution in [0.3, 0.4) is 0 Å². The van der Waals surface area contributed by atoms with Crippen molar-refractivity contribution in [3.63, 3.8) is 0 Å². The van der Waals surface area contributed by atoms with Crippen LogP contribution in [0.2, 0.25) is 5.15 Å². The number of sulfone groups is 1. The van der Waals surface area contributed by atoms with Crippen LogP contribution < -0.4 is 5.32 Å². The highest BCUT2D eigenvalue weighted by Gasteiger charge is 2.47. The van der Waals surface area contributed by atoms with E-state index in [1.165, 1.54) is 10.9 Å². The summed E-state index contributed by atoms with van der Waals surface area (Å²) >= 11 is 6.29. The molecular formula is C20H30ClN4O8PS. The molecule has 2 aromatic heterocycles. The Kier molecular flexibility index (Phi) is 7.54. The minimum atomic E-state index is -4.85. The van der Waals surface area contributed by atoms with Crippen LogP contribution in [0.1, 0.15) is 39.3 Å². The lowest BCUT2D eigenvalue weighted by atomic mass is 9.91. The third kappa shape index (κ3) is 5.83. The summed E-state index contributed by atoms with van der Waals surface area (Å²) < 4.78 is 42.3. The Morgan fingerprint density at radius 1 is 1.29 bits per heavy atom. The second-order valence-corrected chi connectivity index (χ2v) is 14.2. The standard InChI is InChI=1S/C20H30ClN4O8PS/c1-10(2)11-4-3-5-13(11)23-14-6-16(21)24-19-12(14)7-22-25(19)20-18(27)17(26)15(33-20)8-35(31,32)9-34(28,29)30/h6-7,10-11,13,15,17-18,20,26-27H,3-5,8-9H2,1-2H3,(H,23,24)(H2,28,29,30)/t11?,13?,15-,17-,18-,20-/m1/s1. The summed E-state index contributed by atoms with van der Waals surface area (Å²) in [6.07, 6.45) is -1.12. The maximum atomic E-state index is 12.2. The monoisotopic (exact) mass is 552 g/mol. The fourth-order valence-corrected chi connectivity index (χ4v) is 8.52. The number of nitrogens with zero attached hydrogens (tertiary/aromatic N) is 3. The van der Waals surface area contributed by atoms with Gasteiger partial charge < -0.3 is 30.1 Å². The molecular weight excluding hydrogens is 523 g/mol. The van der Waals surface area contributed by atoms with Gasteiger partial charge in [-0.15, -0.1) is 0 Å². The summed E-state index contributed by atoms with van der Waals surface area (Å²) in [6.45, 7) is 4.39. The van der Waals surface area contributed by atoms with Crippen molar-refractivity contribution in [3.8, 4) is 0 Å². The molecule has 0 amide bonds. The fraction of sp³-hybridized carbons (Fsp3) is 0.700. The first-order valence-corrected chi connectivity index (χ1v) is 15.3. The number of ether oxygens (including phenoxy) is 1. The minimum Gasteiger partial charge on any atom is -0.387 e. The van der Waals surface area contributed by atoms with Gasteiger partial charge in [-0.05, 0) is 30.7 Å². The number of aromatic nitrogens is 3. The molecule has 12 nitrogen and oxygen atoms in total. The first kappa shape index (κ1) is 26.7. The van der Waals surface area contributed by atoms with E-state index in [2.05, 4.69) is 29.2 Å². The number of hydrogen-bond acceptors (Lipinski definition) is 9. The highest BCUT2D eigenvalue weighted by atomic mass is 35.5. The summed E-state index contributed by atoms with van der Waals surface area (Å²) in [6, 6.07) is 1.95. The van der Waals surface area contributed by atoms with E-state index in [-0.39, 0.29) is 16.8 Å². The quantitative estimate of drug-likeness (QED) is 0.236. The van der Waals surface area contributed by atoms with E-state index in [1.807, 2.05) is 0 Å². The van der Waals surface area contributed by atoms with E-state index >= 15 is 0 Å². The molecule has 196 valence electrons. The van der Waals surface area contributed by atoms with Crippen molar-refractivity contribution >= 4 is 45.8 Å². The molecule has 5 N–H and O–H groups in total. The van der Waals surface area contributed by atoms with Crippen LogP contribution in [0, 0.1) is 11.8 Å². The Labute approximate surface area is 207 Å². The first-order chi connectivity index (χ1) is 16.3. The molecule has 0 spiro atoms. The molecule has 1 aliphatic heterocycles. The molecule has 0 aromatic carbocycles. The van der Waals surface area contributed by atoms with E-state index in [4.69, 9.17) is 26.1 Å².